The molecule has 0 aromatic heterocycles. The molecule has 0 saturated heterocycles. The number of hydrogen-bond acceptors (Lipinski definition) is 6. The second kappa shape index (κ2) is 12.4. The average molecular weight is 502 g/mol. The minimum atomic E-state index is -1.13. The first kappa shape index (κ1) is 30.5. The fraction of sp³-hybridized carbons (Fsp3) is 0.556. The van der Waals surface area contributed by atoms with E-state index in [-0.39, 0.29) is 12.5 Å². The third-order valence-electron chi connectivity index (χ3n) is 5.10. The zero-order valence-electron chi connectivity index (χ0n) is 22.7. The number of carbonyl (C=O) groups excluding carboxylic acids is 4. The monoisotopic (exact) mass is 501 g/mol. The summed E-state index contributed by atoms with van der Waals surface area (Å²) >= 11 is 0. The standard InChI is InChI=1S/C27H39N3O6/c1-11-18-12-14-19(15-13-18)22(23(32)28-16-20(31)35-10)30(26(4,5)6)24(33)21(17(2)3)29-25(34)36-27(7,8)9/h1,12-15,17,21-22H,16H2,2-10H3,(H,28,32)(H,29,34). The number of benzene rings is 1. The lowest BCUT2D eigenvalue weighted by Crippen LogP contribution is -2.60. The number of terminal acetylenes is 1. The average Bonchev–Trinajstić information content (AvgIpc) is 2.76. The Bertz CT molecular complexity index is 981. The van der Waals surface area contributed by atoms with Crippen LogP contribution in [0.1, 0.15) is 72.6 Å². The largest absolute Gasteiger partial charge is 0.468 e. The number of carbonyl (C=O) groups is 4. The van der Waals surface area contributed by atoms with E-state index in [0.29, 0.717) is 11.1 Å². The third kappa shape index (κ3) is 8.91. The van der Waals surface area contributed by atoms with Crippen LogP contribution in [-0.4, -0.2) is 59.6 Å². The number of hydrogen-bond donors (Lipinski definition) is 2. The first-order chi connectivity index (χ1) is 16.5. The zero-order valence-corrected chi connectivity index (χ0v) is 22.7. The van der Waals surface area contributed by atoms with Crippen LogP contribution >= 0.6 is 0 Å². The van der Waals surface area contributed by atoms with Gasteiger partial charge in [0.25, 0.3) is 0 Å². The Kier molecular flexibility index (Phi) is 10.5. The molecule has 0 saturated carbocycles. The van der Waals surface area contributed by atoms with Crippen LogP contribution in [0.2, 0.25) is 0 Å². The minimum absolute atomic E-state index is 0.322. The lowest BCUT2D eigenvalue weighted by molar-refractivity contribution is -0.150. The van der Waals surface area contributed by atoms with E-state index in [9.17, 15) is 19.2 Å². The van der Waals surface area contributed by atoms with Crippen molar-refractivity contribution in [1.82, 2.24) is 15.5 Å². The van der Waals surface area contributed by atoms with Crippen molar-refractivity contribution >= 4 is 23.9 Å². The molecule has 9 nitrogen and oxygen atoms in total. The molecule has 0 aliphatic carbocycles. The van der Waals surface area contributed by atoms with Crippen LogP contribution in [0.4, 0.5) is 4.79 Å². The van der Waals surface area contributed by atoms with Gasteiger partial charge in [0.1, 0.15) is 24.2 Å². The highest BCUT2D eigenvalue weighted by atomic mass is 16.6. The van der Waals surface area contributed by atoms with Gasteiger partial charge >= 0.3 is 12.1 Å². The second-order valence-electron chi connectivity index (χ2n) is 10.7. The van der Waals surface area contributed by atoms with Crippen LogP contribution < -0.4 is 10.6 Å². The molecule has 0 heterocycles. The predicted octanol–water partition coefficient (Wildman–Crippen LogP) is 3.17. The van der Waals surface area contributed by atoms with E-state index in [2.05, 4.69) is 21.3 Å². The van der Waals surface area contributed by atoms with E-state index in [0.717, 1.165) is 0 Å². The van der Waals surface area contributed by atoms with Gasteiger partial charge in [0.2, 0.25) is 11.8 Å². The number of nitrogens with one attached hydrogen (secondary N) is 2. The van der Waals surface area contributed by atoms with E-state index in [1.165, 1.54) is 12.0 Å². The Morgan fingerprint density at radius 2 is 1.58 bits per heavy atom. The van der Waals surface area contributed by atoms with Crippen molar-refractivity contribution < 1.29 is 28.7 Å². The zero-order chi connectivity index (χ0) is 27.8. The Morgan fingerprint density at radius 1 is 1.03 bits per heavy atom. The number of methoxy groups -OCH3 is 1. The number of nitrogens with zero attached hydrogens (tertiary/aromatic N) is 1. The molecule has 0 bridgehead atoms. The lowest BCUT2D eigenvalue weighted by atomic mass is 9.93. The molecule has 3 amide bonds. The summed E-state index contributed by atoms with van der Waals surface area (Å²) in [5.74, 6) is 0.496. The lowest BCUT2D eigenvalue weighted by Gasteiger charge is -2.43. The van der Waals surface area contributed by atoms with Gasteiger partial charge in [0, 0.05) is 11.1 Å². The highest BCUT2D eigenvalue weighted by Gasteiger charge is 2.42. The molecule has 1 rings (SSSR count). The van der Waals surface area contributed by atoms with E-state index in [4.69, 9.17) is 11.2 Å². The Hall–Kier alpha value is -3.54. The van der Waals surface area contributed by atoms with Crippen molar-refractivity contribution in [2.45, 2.75) is 78.6 Å². The number of rotatable bonds is 8. The van der Waals surface area contributed by atoms with Gasteiger partial charge in [-0.15, -0.1) is 6.42 Å². The third-order valence-corrected chi connectivity index (χ3v) is 5.10. The van der Waals surface area contributed by atoms with Gasteiger partial charge in [-0.1, -0.05) is 31.9 Å². The minimum Gasteiger partial charge on any atom is -0.468 e. The smallest absolute Gasteiger partial charge is 0.408 e. The van der Waals surface area contributed by atoms with E-state index >= 15 is 0 Å². The molecule has 0 aliphatic rings. The van der Waals surface area contributed by atoms with Crippen molar-refractivity contribution in [2.24, 2.45) is 5.92 Å². The van der Waals surface area contributed by atoms with Gasteiger partial charge in [-0.25, -0.2) is 4.79 Å². The van der Waals surface area contributed by atoms with Gasteiger partial charge in [0.15, 0.2) is 0 Å². The van der Waals surface area contributed by atoms with Crippen molar-refractivity contribution in [3.8, 4) is 12.3 Å². The van der Waals surface area contributed by atoms with Crippen molar-refractivity contribution in [1.29, 1.82) is 0 Å². The fourth-order valence-corrected chi connectivity index (χ4v) is 3.45. The molecule has 0 radical (unpaired) electrons. The summed E-state index contributed by atoms with van der Waals surface area (Å²) in [5.41, 5.74) is -0.530. The summed E-state index contributed by atoms with van der Waals surface area (Å²) in [5, 5.41) is 5.21. The molecule has 0 spiro atoms. The molecule has 36 heavy (non-hydrogen) atoms. The summed E-state index contributed by atoms with van der Waals surface area (Å²) in [6.45, 7) is 13.7. The van der Waals surface area contributed by atoms with Crippen molar-refractivity contribution in [2.75, 3.05) is 13.7 Å². The number of amides is 3. The first-order valence-electron chi connectivity index (χ1n) is 11.8. The van der Waals surface area contributed by atoms with Gasteiger partial charge in [-0.2, -0.15) is 0 Å². The normalized spacial score (nSPS) is 13.1. The molecule has 1 aromatic rings. The van der Waals surface area contributed by atoms with Crippen LogP contribution in [-0.2, 0) is 23.9 Å². The molecule has 0 fully saturated rings. The summed E-state index contributed by atoms with van der Waals surface area (Å²) in [6, 6.07) is 4.54. The van der Waals surface area contributed by atoms with Gasteiger partial charge in [-0.3, -0.25) is 14.4 Å². The Labute approximate surface area is 214 Å². The quantitative estimate of drug-likeness (QED) is 0.418. The maximum atomic E-state index is 14.0. The molecule has 2 unspecified atom stereocenters. The molecule has 2 N–H and O–H groups in total. The summed E-state index contributed by atoms with van der Waals surface area (Å²) < 4.78 is 9.99. The summed E-state index contributed by atoms with van der Waals surface area (Å²) in [4.78, 5) is 53.1. The first-order valence-corrected chi connectivity index (χ1v) is 11.8. The molecule has 9 heteroatoms. The van der Waals surface area contributed by atoms with Crippen LogP contribution in [0.25, 0.3) is 0 Å². The Balaban J connectivity index is 3.55. The van der Waals surface area contributed by atoms with Crippen molar-refractivity contribution in [3.63, 3.8) is 0 Å². The molecule has 198 valence electrons. The highest BCUT2D eigenvalue weighted by Crippen LogP contribution is 2.31. The number of alkyl carbamates (subject to hydrolysis) is 1. The van der Waals surface area contributed by atoms with Gasteiger partial charge < -0.3 is 25.0 Å². The van der Waals surface area contributed by atoms with Crippen LogP contribution in [0.15, 0.2) is 24.3 Å². The predicted molar refractivity (Wildman–Crippen MR) is 137 cm³/mol. The number of esters is 1. The van der Waals surface area contributed by atoms with Gasteiger partial charge in [-0.05, 0) is 65.2 Å². The van der Waals surface area contributed by atoms with Crippen LogP contribution in [0.5, 0.6) is 0 Å². The SMILES string of the molecule is C#Cc1ccc(C(C(=O)NCC(=O)OC)N(C(=O)C(NC(=O)OC(C)(C)C)C(C)C)C(C)(C)C)cc1. The molecular weight excluding hydrogens is 462 g/mol. The van der Waals surface area contributed by atoms with Crippen LogP contribution in [0.3, 0.4) is 0 Å². The maximum Gasteiger partial charge on any atom is 0.408 e. The molecular formula is C27H39N3O6. The van der Waals surface area contributed by atoms with E-state index < -0.39 is 47.1 Å². The molecule has 2 atom stereocenters. The second-order valence-corrected chi connectivity index (χ2v) is 10.7. The van der Waals surface area contributed by atoms with Crippen molar-refractivity contribution in [3.05, 3.63) is 35.4 Å². The van der Waals surface area contributed by atoms with E-state index in [1.54, 1.807) is 79.7 Å². The Morgan fingerprint density at radius 3 is 2.00 bits per heavy atom. The van der Waals surface area contributed by atoms with E-state index in [1.807, 2.05) is 0 Å². The summed E-state index contributed by atoms with van der Waals surface area (Å²) in [7, 11) is 1.21. The maximum absolute atomic E-state index is 14.0. The number of ether oxygens (including phenoxy) is 2. The fourth-order valence-electron chi connectivity index (χ4n) is 3.45. The molecule has 0 aliphatic heterocycles. The summed E-state index contributed by atoms with van der Waals surface area (Å²) in [6.07, 6.45) is 4.73. The topological polar surface area (TPSA) is 114 Å². The molecule has 1 aromatic carbocycles. The highest BCUT2D eigenvalue weighted by molar-refractivity contribution is 5.93. The van der Waals surface area contributed by atoms with Crippen LogP contribution in [0, 0.1) is 18.3 Å². The van der Waals surface area contributed by atoms with Gasteiger partial charge in [0.05, 0.1) is 7.11 Å².